The van der Waals surface area contributed by atoms with Gasteiger partial charge in [-0.3, -0.25) is 4.99 Å². The number of benzene rings is 1. The zero-order valence-corrected chi connectivity index (χ0v) is 14.6. The molecule has 3 aliphatic heterocycles. The van der Waals surface area contributed by atoms with Gasteiger partial charge in [0.05, 0.1) is 29.6 Å². The van der Waals surface area contributed by atoms with E-state index in [1.54, 1.807) is 0 Å². The highest BCUT2D eigenvalue weighted by Gasteiger charge is 2.53. The number of hydrogen-bond acceptors (Lipinski definition) is 3. The van der Waals surface area contributed by atoms with Crippen LogP contribution < -0.4 is 5.32 Å². The molecule has 132 valence electrons. The van der Waals surface area contributed by atoms with Crippen molar-refractivity contribution >= 4 is 17.0 Å². The molecule has 0 amide bonds. The Bertz CT molecular complexity index is 782. The molecule has 6 nitrogen and oxygen atoms in total. The van der Waals surface area contributed by atoms with Gasteiger partial charge in [0.1, 0.15) is 0 Å². The standard InChI is InChI=1S/C19H25N5O/c1-20-19(24-10-13-14(11-24)18-7-6-17(13)25-18)21-8-9-23-12-22-15-4-2-3-5-16(15)23/h2-5,12-14,17-18H,6-11H2,1H3,(H,20,21). The zero-order valence-electron chi connectivity index (χ0n) is 14.6. The van der Waals surface area contributed by atoms with Crippen molar-refractivity contribution in [3.05, 3.63) is 30.6 Å². The Hall–Kier alpha value is -2.08. The molecule has 3 aliphatic rings. The first-order valence-corrected chi connectivity index (χ1v) is 9.34. The Morgan fingerprint density at radius 1 is 1.24 bits per heavy atom. The number of fused-ring (bicyclic) bond motifs is 6. The molecule has 3 fully saturated rings. The van der Waals surface area contributed by atoms with Crippen molar-refractivity contribution in [2.75, 3.05) is 26.7 Å². The van der Waals surface area contributed by atoms with Gasteiger partial charge in [-0.25, -0.2) is 4.98 Å². The number of aliphatic imine (C=N–C) groups is 1. The second-order valence-corrected chi connectivity index (χ2v) is 7.42. The third-order valence-electron chi connectivity index (χ3n) is 6.13. The van der Waals surface area contributed by atoms with Crippen LogP contribution in [0.15, 0.2) is 35.6 Å². The van der Waals surface area contributed by atoms with Gasteiger partial charge in [-0.05, 0) is 25.0 Å². The summed E-state index contributed by atoms with van der Waals surface area (Å²) < 4.78 is 8.27. The van der Waals surface area contributed by atoms with Crippen molar-refractivity contribution in [3.8, 4) is 0 Å². The van der Waals surface area contributed by atoms with Crippen LogP contribution in [0.2, 0.25) is 0 Å². The second kappa shape index (κ2) is 6.02. The summed E-state index contributed by atoms with van der Waals surface area (Å²) in [5.41, 5.74) is 2.23. The highest BCUT2D eigenvalue weighted by atomic mass is 16.5. The normalized spacial score (nSPS) is 31.1. The molecule has 4 atom stereocenters. The maximum absolute atomic E-state index is 6.07. The smallest absolute Gasteiger partial charge is 0.193 e. The van der Waals surface area contributed by atoms with Gasteiger partial charge in [0.15, 0.2) is 5.96 Å². The van der Waals surface area contributed by atoms with Gasteiger partial charge in [0, 0.05) is 45.1 Å². The molecule has 0 saturated carbocycles. The topological polar surface area (TPSA) is 54.7 Å². The average Bonchev–Trinajstić information content (AvgIpc) is 3.39. The first-order chi connectivity index (χ1) is 12.3. The van der Waals surface area contributed by atoms with Crippen LogP contribution in [0.4, 0.5) is 0 Å². The Morgan fingerprint density at radius 2 is 2.00 bits per heavy atom. The summed E-state index contributed by atoms with van der Waals surface area (Å²) in [6, 6.07) is 8.26. The maximum Gasteiger partial charge on any atom is 0.193 e. The van der Waals surface area contributed by atoms with Gasteiger partial charge in [0.25, 0.3) is 0 Å². The van der Waals surface area contributed by atoms with E-state index in [4.69, 9.17) is 4.74 Å². The molecule has 25 heavy (non-hydrogen) atoms. The fraction of sp³-hybridized carbons (Fsp3) is 0.579. The van der Waals surface area contributed by atoms with Crippen molar-refractivity contribution in [2.45, 2.75) is 31.6 Å². The Morgan fingerprint density at radius 3 is 2.76 bits per heavy atom. The Labute approximate surface area is 147 Å². The van der Waals surface area contributed by atoms with Crippen molar-refractivity contribution < 1.29 is 4.74 Å². The number of rotatable bonds is 3. The maximum atomic E-state index is 6.07. The Balaban J connectivity index is 1.20. The van der Waals surface area contributed by atoms with Crippen molar-refractivity contribution in [1.82, 2.24) is 19.8 Å². The molecule has 1 aromatic carbocycles. The molecule has 3 saturated heterocycles. The quantitative estimate of drug-likeness (QED) is 0.683. The van der Waals surface area contributed by atoms with E-state index >= 15 is 0 Å². The van der Waals surface area contributed by atoms with E-state index in [1.807, 2.05) is 19.4 Å². The molecule has 2 bridgehead atoms. The van der Waals surface area contributed by atoms with Gasteiger partial charge in [-0.2, -0.15) is 0 Å². The lowest BCUT2D eigenvalue weighted by Crippen LogP contribution is -2.42. The number of ether oxygens (including phenoxy) is 1. The number of likely N-dealkylation sites (tertiary alicyclic amines) is 1. The van der Waals surface area contributed by atoms with Crippen LogP contribution in [-0.4, -0.2) is 59.3 Å². The first kappa shape index (κ1) is 15.2. The number of nitrogens with zero attached hydrogens (tertiary/aromatic N) is 4. The van der Waals surface area contributed by atoms with Crippen LogP contribution in [0.1, 0.15) is 12.8 Å². The molecule has 4 heterocycles. The summed E-state index contributed by atoms with van der Waals surface area (Å²) in [7, 11) is 1.88. The van der Waals surface area contributed by atoms with Gasteiger partial charge >= 0.3 is 0 Å². The fourth-order valence-electron chi connectivity index (χ4n) is 4.94. The molecular formula is C19H25N5O. The fourth-order valence-corrected chi connectivity index (χ4v) is 4.94. The molecule has 5 rings (SSSR count). The summed E-state index contributed by atoms with van der Waals surface area (Å²) in [5, 5.41) is 3.54. The molecule has 0 radical (unpaired) electrons. The Kier molecular flexibility index (Phi) is 3.66. The van der Waals surface area contributed by atoms with Crippen molar-refractivity contribution in [3.63, 3.8) is 0 Å². The molecule has 1 N–H and O–H groups in total. The molecule has 2 aromatic rings. The van der Waals surface area contributed by atoms with E-state index in [-0.39, 0.29) is 0 Å². The average molecular weight is 339 g/mol. The van der Waals surface area contributed by atoms with Crippen LogP contribution >= 0.6 is 0 Å². The molecule has 6 heteroatoms. The van der Waals surface area contributed by atoms with Gasteiger partial charge in [-0.1, -0.05) is 12.1 Å². The second-order valence-electron chi connectivity index (χ2n) is 7.42. The van der Waals surface area contributed by atoms with E-state index < -0.39 is 0 Å². The van der Waals surface area contributed by atoms with Crippen molar-refractivity contribution in [1.29, 1.82) is 0 Å². The number of para-hydroxylation sites is 2. The summed E-state index contributed by atoms with van der Waals surface area (Å²) in [6.07, 6.45) is 5.41. The zero-order chi connectivity index (χ0) is 16.8. The largest absolute Gasteiger partial charge is 0.374 e. The third-order valence-corrected chi connectivity index (χ3v) is 6.13. The summed E-state index contributed by atoms with van der Waals surface area (Å²) >= 11 is 0. The van der Waals surface area contributed by atoms with Crippen LogP contribution in [0.5, 0.6) is 0 Å². The molecular weight excluding hydrogens is 314 g/mol. The van der Waals surface area contributed by atoms with Gasteiger partial charge in [0.2, 0.25) is 0 Å². The van der Waals surface area contributed by atoms with Gasteiger partial charge in [-0.15, -0.1) is 0 Å². The number of aromatic nitrogens is 2. The lowest BCUT2D eigenvalue weighted by atomic mass is 9.82. The highest BCUT2D eigenvalue weighted by Crippen LogP contribution is 2.47. The van der Waals surface area contributed by atoms with Crippen LogP contribution in [0.3, 0.4) is 0 Å². The highest BCUT2D eigenvalue weighted by molar-refractivity contribution is 5.80. The van der Waals surface area contributed by atoms with Crippen molar-refractivity contribution in [2.24, 2.45) is 16.8 Å². The molecule has 1 aromatic heterocycles. The van der Waals surface area contributed by atoms with Crippen LogP contribution in [0.25, 0.3) is 11.0 Å². The molecule has 0 spiro atoms. The van der Waals surface area contributed by atoms with E-state index in [2.05, 4.69) is 43.0 Å². The summed E-state index contributed by atoms with van der Waals surface area (Å²) in [6.45, 7) is 3.90. The number of nitrogens with one attached hydrogen (secondary N) is 1. The predicted octanol–water partition coefficient (Wildman–Crippen LogP) is 1.72. The monoisotopic (exact) mass is 339 g/mol. The van der Waals surface area contributed by atoms with Crippen LogP contribution in [-0.2, 0) is 11.3 Å². The minimum Gasteiger partial charge on any atom is -0.374 e. The summed E-state index contributed by atoms with van der Waals surface area (Å²) in [4.78, 5) is 11.4. The SMILES string of the molecule is CN=C(NCCn1cnc2ccccc21)N1CC2C3CCC(O3)C2C1. The van der Waals surface area contributed by atoms with E-state index in [0.29, 0.717) is 24.0 Å². The molecule has 0 aliphatic carbocycles. The van der Waals surface area contributed by atoms with E-state index in [0.717, 1.165) is 37.7 Å². The minimum atomic E-state index is 0.496. The van der Waals surface area contributed by atoms with E-state index in [9.17, 15) is 0 Å². The number of imidazole rings is 1. The van der Waals surface area contributed by atoms with Gasteiger partial charge < -0.3 is 19.5 Å². The molecule has 4 unspecified atom stereocenters. The lowest BCUT2D eigenvalue weighted by Gasteiger charge is -2.23. The predicted molar refractivity (Wildman–Crippen MR) is 97.5 cm³/mol. The number of hydrogen-bond donors (Lipinski definition) is 1. The number of guanidine groups is 1. The van der Waals surface area contributed by atoms with Crippen LogP contribution in [0, 0.1) is 11.8 Å². The minimum absolute atomic E-state index is 0.496. The first-order valence-electron chi connectivity index (χ1n) is 9.34. The lowest BCUT2D eigenvalue weighted by molar-refractivity contribution is 0.0767. The summed E-state index contributed by atoms with van der Waals surface area (Å²) in [5.74, 6) is 2.43. The van der Waals surface area contributed by atoms with E-state index in [1.165, 1.54) is 18.4 Å². The third kappa shape index (κ3) is 2.51.